The molecule has 1 rings (SSSR count). The van der Waals surface area contributed by atoms with Crippen molar-refractivity contribution in [2.24, 2.45) is 0 Å². The molecule has 0 aliphatic heterocycles. The first-order valence-corrected chi connectivity index (χ1v) is 4.04. The van der Waals surface area contributed by atoms with Crippen LogP contribution in [0.5, 0.6) is 0 Å². The molecule has 1 aromatic rings. The summed E-state index contributed by atoms with van der Waals surface area (Å²) in [4.78, 5) is 0. The second-order valence-corrected chi connectivity index (χ2v) is 3.10. The van der Waals surface area contributed by atoms with Crippen LogP contribution in [0.25, 0.3) is 0 Å². The molecule has 0 aliphatic carbocycles. The van der Waals surface area contributed by atoms with Crippen LogP contribution in [0, 0.1) is 6.92 Å². The Labute approximate surface area is 72.5 Å². The van der Waals surface area contributed by atoms with Crippen LogP contribution in [-0.4, -0.2) is 16.3 Å². The molecule has 0 aromatic heterocycles. The Hall–Kier alpha value is -0.860. The standard InChI is InChI=1S/C10H14O2/c1-7-4-3-5-9(6-7)10(12)8(2)11/h3-6,8,10-12H,1-2H3/t8-,10+/m1/s1. The van der Waals surface area contributed by atoms with E-state index in [2.05, 4.69) is 0 Å². The van der Waals surface area contributed by atoms with Crippen molar-refractivity contribution in [3.63, 3.8) is 0 Å². The summed E-state index contributed by atoms with van der Waals surface area (Å²) >= 11 is 0. The number of aliphatic hydroxyl groups excluding tert-OH is 2. The molecule has 2 N–H and O–H groups in total. The Morgan fingerprint density at radius 3 is 2.42 bits per heavy atom. The molecule has 1 aromatic carbocycles. The number of rotatable bonds is 2. The molecule has 12 heavy (non-hydrogen) atoms. The number of aliphatic hydroxyl groups is 2. The van der Waals surface area contributed by atoms with Gasteiger partial charge in [0.1, 0.15) is 6.10 Å². The van der Waals surface area contributed by atoms with Gasteiger partial charge in [-0.05, 0) is 19.4 Å². The fourth-order valence-corrected chi connectivity index (χ4v) is 1.13. The Morgan fingerprint density at radius 2 is 1.92 bits per heavy atom. The summed E-state index contributed by atoms with van der Waals surface area (Å²) in [6.45, 7) is 3.53. The highest BCUT2D eigenvalue weighted by Gasteiger charge is 2.12. The summed E-state index contributed by atoms with van der Waals surface area (Å²) in [6.07, 6.45) is -1.49. The van der Waals surface area contributed by atoms with Crippen LogP contribution in [-0.2, 0) is 0 Å². The molecule has 0 aliphatic rings. The average molecular weight is 166 g/mol. The SMILES string of the molecule is Cc1cccc([C@@H](O)[C@@H](C)O)c1. The van der Waals surface area contributed by atoms with Gasteiger partial charge in [-0.1, -0.05) is 29.8 Å². The van der Waals surface area contributed by atoms with E-state index in [9.17, 15) is 5.11 Å². The lowest BCUT2D eigenvalue weighted by Gasteiger charge is -2.13. The largest absolute Gasteiger partial charge is 0.390 e. The third-order valence-corrected chi connectivity index (χ3v) is 1.84. The van der Waals surface area contributed by atoms with E-state index < -0.39 is 12.2 Å². The molecule has 66 valence electrons. The quantitative estimate of drug-likeness (QED) is 0.697. The molecule has 0 fully saturated rings. The second-order valence-electron chi connectivity index (χ2n) is 3.10. The van der Waals surface area contributed by atoms with E-state index in [4.69, 9.17) is 5.11 Å². The van der Waals surface area contributed by atoms with Crippen molar-refractivity contribution in [1.29, 1.82) is 0 Å². The predicted octanol–water partition coefficient (Wildman–Crippen LogP) is 1.41. The van der Waals surface area contributed by atoms with Crippen molar-refractivity contribution in [2.45, 2.75) is 26.1 Å². The van der Waals surface area contributed by atoms with Crippen molar-refractivity contribution < 1.29 is 10.2 Å². The summed E-state index contributed by atoms with van der Waals surface area (Å²) in [5.41, 5.74) is 1.86. The molecule has 0 unspecified atom stereocenters. The maximum absolute atomic E-state index is 9.47. The molecule has 2 heteroatoms. The lowest BCUT2D eigenvalue weighted by atomic mass is 10.0. The number of aryl methyl sites for hydroxylation is 1. The minimum Gasteiger partial charge on any atom is -0.390 e. The van der Waals surface area contributed by atoms with Gasteiger partial charge in [-0.25, -0.2) is 0 Å². The lowest BCUT2D eigenvalue weighted by molar-refractivity contribution is 0.0305. The summed E-state index contributed by atoms with van der Waals surface area (Å²) < 4.78 is 0. The predicted molar refractivity (Wildman–Crippen MR) is 47.8 cm³/mol. The van der Waals surface area contributed by atoms with Gasteiger partial charge in [0.25, 0.3) is 0 Å². The van der Waals surface area contributed by atoms with Crippen LogP contribution in [0.3, 0.4) is 0 Å². The first-order valence-electron chi connectivity index (χ1n) is 4.04. The second kappa shape index (κ2) is 3.70. The number of hydrogen-bond acceptors (Lipinski definition) is 2. The van der Waals surface area contributed by atoms with Gasteiger partial charge in [0.05, 0.1) is 6.10 Å². The molecule has 0 saturated carbocycles. The summed E-state index contributed by atoms with van der Waals surface area (Å²) in [5, 5.41) is 18.6. The smallest absolute Gasteiger partial charge is 0.105 e. The van der Waals surface area contributed by atoms with Crippen molar-refractivity contribution in [3.05, 3.63) is 35.4 Å². The zero-order valence-electron chi connectivity index (χ0n) is 7.36. The maximum Gasteiger partial charge on any atom is 0.105 e. The molecule has 0 saturated heterocycles. The van der Waals surface area contributed by atoms with Crippen molar-refractivity contribution in [3.8, 4) is 0 Å². The zero-order valence-corrected chi connectivity index (χ0v) is 7.36. The molecular weight excluding hydrogens is 152 g/mol. The first kappa shape index (κ1) is 9.23. The Balaban J connectivity index is 2.88. The monoisotopic (exact) mass is 166 g/mol. The van der Waals surface area contributed by atoms with Gasteiger partial charge < -0.3 is 10.2 Å². The van der Waals surface area contributed by atoms with Gasteiger partial charge in [-0.2, -0.15) is 0 Å². The van der Waals surface area contributed by atoms with Crippen LogP contribution in [0.1, 0.15) is 24.2 Å². The van der Waals surface area contributed by atoms with Gasteiger partial charge in [0, 0.05) is 0 Å². The third kappa shape index (κ3) is 2.06. The van der Waals surface area contributed by atoms with E-state index in [0.29, 0.717) is 0 Å². The van der Waals surface area contributed by atoms with Crippen LogP contribution in [0.15, 0.2) is 24.3 Å². The van der Waals surface area contributed by atoms with E-state index in [1.54, 1.807) is 6.92 Å². The minimum atomic E-state index is -0.773. The summed E-state index contributed by atoms with van der Waals surface area (Å²) in [7, 11) is 0. The Bertz CT molecular complexity index is 256. The van der Waals surface area contributed by atoms with Gasteiger partial charge in [-0.3, -0.25) is 0 Å². The number of benzene rings is 1. The topological polar surface area (TPSA) is 40.5 Å². The summed E-state index contributed by atoms with van der Waals surface area (Å²) in [6, 6.07) is 7.51. The van der Waals surface area contributed by atoms with E-state index >= 15 is 0 Å². The summed E-state index contributed by atoms with van der Waals surface area (Å²) in [5.74, 6) is 0. The molecule has 0 amide bonds. The lowest BCUT2D eigenvalue weighted by Crippen LogP contribution is -2.13. The zero-order chi connectivity index (χ0) is 9.14. The fraction of sp³-hybridized carbons (Fsp3) is 0.400. The van der Waals surface area contributed by atoms with E-state index in [1.807, 2.05) is 31.2 Å². The van der Waals surface area contributed by atoms with Crippen LogP contribution < -0.4 is 0 Å². The molecule has 0 bridgehead atoms. The average Bonchev–Trinajstić information content (AvgIpc) is 2.03. The highest BCUT2D eigenvalue weighted by Crippen LogP contribution is 2.17. The molecule has 0 spiro atoms. The Morgan fingerprint density at radius 1 is 1.25 bits per heavy atom. The van der Waals surface area contributed by atoms with Gasteiger partial charge in [-0.15, -0.1) is 0 Å². The van der Waals surface area contributed by atoms with Gasteiger partial charge in [0.15, 0.2) is 0 Å². The van der Waals surface area contributed by atoms with Crippen molar-refractivity contribution in [1.82, 2.24) is 0 Å². The maximum atomic E-state index is 9.47. The van der Waals surface area contributed by atoms with Crippen molar-refractivity contribution in [2.75, 3.05) is 0 Å². The van der Waals surface area contributed by atoms with E-state index in [0.717, 1.165) is 11.1 Å². The molecule has 2 nitrogen and oxygen atoms in total. The molecule has 2 atom stereocenters. The highest BCUT2D eigenvalue weighted by atomic mass is 16.3. The minimum absolute atomic E-state index is 0.716. The molecular formula is C10H14O2. The highest BCUT2D eigenvalue weighted by molar-refractivity contribution is 5.24. The van der Waals surface area contributed by atoms with E-state index in [-0.39, 0.29) is 0 Å². The van der Waals surface area contributed by atoms with Crippen LogP contribution in [0.4, 0.5) is 0 Å². The van der Waals surface area contributed by atoms with Crippen LogP contribution in [0.2, 0.25) is 0 Å². The number of hydrogen-bond donors (Lipinski definition) is 2. The normalized spacial score (nSPS) is 15.7. The van der Waals surface area contributed by atoms with Gasteiger partial charge in [0.2, 0.25) is 0 Å². The third-order valence-electron chi connectivity index (χ3n) is 1.84. The molecule has 0 radical (unpaired) electrons. The molecule has 0 heterocycles. The van der Waals surface area contributed by atoms with Gasteiger partial charge >= 0.3 is 0 Å². The van der Waals surface area contributed by atoms with Crippen LogP contribution >= 0.6 is 0 Å². The first-order chi connectivity index (χ1) is 5.61. The fourth-order valence-electron chi connectivity index (χ4n) is 1.13. The van der Waals surface area contributed by atoms with Crippen molar-refractivity contribution >= 4 is 0 Å². The Kier molecular flexibility index (Phi) is 2.84. The van der Waals surface area contributed by atoms with E-state index in [1.165, 1.54) is 0 Å².